The fourth-order valence-electron chi connectivity index (χ4n) is 3.58. The van der Waals surface area contributed by atoms with Gasteiger partial charge in [-0.05, 0) is 54.3 Å². The minimum atomic E-state index is -0.808. The Balaban J connectivity index is 1.64. The van der Waals surface area contributed by atoms with Crippen LogP contribution in [0.3, 0.4) is 0 Å². The third-order valence-electron chi connectivity index (χ3n) is 5.49. The van der Waals surface area contributed by atoms with Crippen LogP contribution in [0.15, 0.2) is 78.9 Å². The average Bonchev–Trinajstić information content (AvgIpc) is 2.89. The van der Waals surface area contributed by atoms with E-state index < -0.39 is 18.0 Å². The quantitative estimate of drug-likeness (QED) is 0.398. The van der Waals surface area contributed by atoms with Crippen molar-refractivity contribution in [2.24, 2.45) is 5.73 Å². The molecule has 0 aliphatic rings. The molecule has 0 aromatic heterocycles. The van der Waals surface area contributed by atoms with E-state index in [1.165, 1.54) is 0 Å². The summed E-state index contributed by atoms with van der Waals surface area (Å²) in [4.78, 5) is 25.9. The number of hydrogen-bond acceptors (Lipinski definition) is 5. The first-order chi connectivity index (χ1) is 17.0. The number of hydrogen-bond donors (Lipinski definition) is 3. The van der Waals surface area contributed by atoms with Crippen molar-refractivity contribution in [1.29, 1.82) is 5.26 Å². The molecular weight excluding hydrogens is 440 g/mol. The van der Waals surface area contributed by atoms with Crippen LogP contribution < -0.4 is 21.1 Å². The molecule has 0 bridgehead atoms. The van der Waals surface area contributed by atoms with Gasteiger partial charge in [-0.15, -0.1) is 0 Å². The van der Waals surface area contributed by atoms with Crippen LogP contribution in [-0.4, -0.2) is 30.5 Å². The maximum Gasteiger partial charge on any atom is 0.243 e. The van der Waals surface area contributed by atoms with Crippen molar-refractivity contribution >= 4 is 11.8 Å². The maximum absolute atomic E-state index is 13.0. The first-order valence-electron chi connectivity index (χ1n) is 11.6. The van der Waals surface area contributed by atoms with Gasteiger partial charge in [0, 0.05) is 13.0 Å². The average molecular weight is 471 g/mol. The third-order valence-corrected chi connectivity index (χ3v) is 5.49. The van der Waals surface area contributed by atoms with Crippen LogP contribution in [0.2, 0.25) is 0 Å². The number of nitrogens with one attached hydrogen (secondary N) is 2. The van der Waals surface area contributed by atoms with E-state index >= 15 is 0 Å². The van der Waals surface area contributed by atoms with Gasteiger partial charge in [-0.3, -0.25) is 9.59 Å². The molecule has 0 aliphatic carbocycles. The standard InChI is InChI=1S/C28H30N4O3/c1-2-35-24-14-12-21(13-15-24)16-25(30)27(33)32-26(17-20-6-4-3-5-7-20)28(34)31-19-23-10-8-22(18-29)9-11-23/h3-15,25-26H,2,16-17,19,30H2,1H3,(H,31,34)(H,32,33)/t25?,26-/m0/s1. The molecule has 0 heterocycles. The maximum atomic E-state index is 13.0. The first-order valence-corrected chi connectivity index (χ1v) is 11.6. The van der Waals surface area contributed by atoms with Crippen LogP contribution >= 0.6 is 0 Å². The van der Waals surface area contributed by atoms with Crippen molar-refractivity contribution in [2.75, 3.05) is 6.61 Å². The zero-order valence-electron chi connectivity index (χ0n) is 19.7. The van der Waals surface area contributed by atoms with Crippen LogP contribution in [0.25, 0.3) is 0 Å². The minimum Gasteiger partial charge on any atom is -0.494 e. The molecule has 1 unspecified atom stereocenters. The number of carbonyl (C=O) groups is 2. The Morgan fingerprint density at radius 2 is 1.51 bits per heavy atom. The van der Waals surface area contributed by atoms with Gasteiger partial charge in [0.15, 0.2) is 0 Å². The zero-order chi connectivity index (χ0) is 25.0. The smallest absolute Gasteiger partial charge is 0.243 e. The second-order valence-electron chi connectivity index (χ2n) is 8.17. The highest BCUT2D eigenvalue weighted by atomic mass is 16.5. The molecule has 0 saturated carbocycles. The number of nitriles is 1. The predicted molar refractivity (Wildman–Crippen MR) is 134 cm³/mol. The number of benzene rings is 3. The van der Waals surface area contributed by atoms with Crippen molar-refractivity contribution in [3.05, 3.63) is 101 Å². The largest absolute Gasteiger partial charge is 0.494 e. The Bertz CT molecular complexity index is 1140. The van der Waals surface area contributed by atoms with Crippen molar-refractivity contribution in [2.45, 2.75) is 38.4 Å². The summed E-state index contributed by atoms with van der Waals surface area (Å²) in [7, 11) is 0. The Hall–Kier alpha value is -4.15. The molecule has 0 fully saturated rings. The first kappa shape index (κ1) is 25.5. The summed E-state index contributed by atoms with van der Waals surface area (Å²) >= 11 is 0. The number of carbonyl (C=O) groups excluding carboxylic acids is 2. The minimum absolute atomic E-state index is 0.282. The molecular formula is C28H30N4O3. The lowest BCUT2D eigenvalue weighted by Gasteiger charge is -2.21. The van der Waals surface area contributed by atoms with Crippen LogP contribution in [-0.2, 0) is 29.0 Å². The highest BCUT2D eigenvalue weighted by Gasteiger charge is 2.24. The molecule has 2 atom stereocenters. The summed E-state index contributed by atoms with van der Waals surface area (Å²) in [5.41, 5.74) is 9.41. The highest BCUT2D eigenvalue weighted by Crippen LogP contribution is 2.13. The van der Waals surface area contributed by atoms with Crippen LogP contribution in [0, 0.1) is 11.3 Å². The molecule has 3 aromatic rings. The molecule has 3 rings (SSSR count). The molecule has 0 saturated heterocycles. The van der Waals surface area contributed by atoms with Gasteiger partial charge in [0.25, 0.3) is 0 Å². The van der Waals surface area contributed by atoms with Gasteiger partial charge in [0.2, 0.25) is 11.8 Å². The number of ether oxygens (including phenoxy) is 1. The van der Waals surface area contributed by atoms with Gasteiger partial charge in [-0.2, -0.15) is 5.26 Å². The summed E-state index contributed by atoms with van der Waals surface area (Å²) in [5.74, 6) is 0.0595. The SMILES string of the molecule is CCOc1ccc(CC(N)C(=O)N[C@@H](Cc2ccccc2)C(=O)NCc2ccc(C#N)cc2)cc1. The molecule has 7 heteroatoms. The zero-order valence-corrected chi connectivity index (χ0v) is 19.7. The molecule has 0 radical (unpaired) electrons. The summed E-state index contributed by atoms with van der Waals surface area (Å²) in [6.45, 7) is 2.78. The van der Waals surface area contributed by atoms with Gasteiger partial charge < -0.3 is 21.1 Å². The summed E-state index contributed by atoms with van der Waals surface area (Å²) in [6, 6.07) is 24.4. The van der Waals surface area contributed by atoms with Gasteiger partial charge in [0.1, 0.15) is 11.8 Å². The van der Waals surface area contributed by atoms with Crippen LogP contribution in [0.5, 0.6) is 5.75 Å². The van der Waals surface area contributed by atoms with Gasteiger partial charge >= 0.3 is 0 Å². The van der Waals surface area contributed by atoms with E-state index in [1.807, 2.05) is 61.5 Å². The van der Waals surface area contributed by atoms with Crippen LogP contribution in [0.4, 0.5) is 0 Å². The fourth-order valence-corrected chi connectivity index (χ4v) is 3.58. The lowest BCUT2D eigenvalue weighted by atomic mass is 10.0. The van der Waals surface area contributed by atoms with Crippen molar-refractivity contribution in [1.82, 2.24) is 10.6 Å². The topological polar surface area (TPSA) is 117 Å². The molecule has 0 spiro atoms. The molecule has 0 aliphatic heterocycles. The molecule has 2 amide bonds. The summed E-state index contributed by atoms with van der Waals surface area (Å²) in [5, 5.41) is 14.6. The third kappa shape index (κ3) is 7.98. The van der Waals surface area contributed by atoms with E-state index in [-0.39, 0.29) is 12.5 Å². The summed E-state index contributed by atoms with van der Waals surface area (Å²) < 4.78 is 5.45. The van der Waals surface area contributed by atoms with Gasteiger partial charge in [0.05, 0.1) is 24.3 Å². The van der Waals surface area contributed by atoms with E-state index in [9.17, 15) is 9.59 Å². The number of nitrogens with zero attached hydrogens (tertiary/aromatic N) is 1. The Morgan fingerprint density at radius 1 is 0.886 bits per heavy atom. The van der Waals surface area contributed by atoms with E-state index in [4.69, 9.17) is 15.7 Å². The van der Waals surface area contributed by atoms with E-state index in [1.54, 1.807) is 24.3 Å². The molecule has 35 heavy (non-hydrogen) atoms. The molecule has 3 aromatic carbocycles. The van der Waals surface area contributed by atoms with Crippen molar-refractivity contribution in [3.8, 4) is 11.8 Å². The number of rotatable bonds is 11. The monoisotopic (exact) mass is 470 g/mol. The lowest BCUT2D eigenvalue weighted by Crippen LogP contribution is -2.52. The number of nitrogens with two attached hydrogens (primary N) is 1. The molecule has 7 nitrogen and oxygen atoms in total. The number of amides is 2. The van der Waals surface area contributed by atoms with Gasteiger partial charge in [-0.1, -0.05) is 54.6 Å². The van der Waals surface area contributed by atoms with Gasteiger partial charge in [-0.25, -0.2) is 0 Å². The second kappa shape index (κ2) is 12.9. The Labute approximate surface area is 205 Å². The van der Waals surface area contributed by atoms with Crippen molar-refractivity contribution in [3.63, 3.8) is 0 Å². The molecule has 180 valence electrons. The van der Waals surface area contributed by atoms with Crippen molar-refractivity contribution < 1.29 is 14.3 Å². The lowest BCUT2D eigenvalue weighted by molar-refractivity contribution is -0.129. The Kier molecular flexibility index (Phi) is 9.40. The molecule has 4 N–H and O–H groups in total. The highest BCUT2D eigenvalue weighted by molar-refractivity contribution is 5.90. The van der Waals surface area contributed by atoms with E-state index in [0.717, 1.165) is 22.4 Å². The summed E-state index contributed by atoms with van der Waals surface area (Å²) in [6.07, 6.45) is 0.671. The van der Waals surface area contributed by atoms with E-state index in [2.05, 4.69) is 16.7 Å². The van der Waals surface area contributed by atoms with E-state index in [0.29, 0.717) is 25.0 Å². The normalized spacial score (nSPS) is 12.1. The fraction of sp³-hybridized carbons (Fsp3) is 0.250. The predicted octanol–water partition coefficient (Wildman–Crippen LogP) is 2.87. The second-order valence-corrected chi connectivity index (χ2v) is 8.17. The van der Waals surface area contributed by atoms with Crippen LogP contribution in [0.1, 0.15) is 29.2 Å². The Morgan fingerprint density at radius 3 is 2.14 bits per heavy atom.